The number of rotatable bonds is 9. The number of aromatic nitrogens is 2. The molecular weight excluding hydrogens is 756 g/mol. The Morgan fingerprint density at radius 2 is 1.65 bits per heavy atom. The highest BCUT2D eigenvalue weighted by Gasteiger charge is 2.33. The third-order valence-corrected chi connectivity index (χ3v) is 11.7. The molecule has 52 heavy (non-hydrogen) atoms. The molecule has 4 aromatic rings. The molecule has 1 saturated carbocycles. The van der Waals surface area contributed by atoms with Gasteiger partial charge in [0.15, 0.2) is 5.69 Å². The van der Waals surface area contributed by atoms with Gasteiger partial charge < -0.3 is 0 Å². The van der Waals surface area contributed by atoms with Crippen molar-refractivity contribution in [2.45, 2.75) is 76.6 Å². The number of nitrogens with zero attached hydrogens (tertiary/aromatic N) is 3. The highest BCUT2D eigenvalue weighted by Crippen LogP contribution is 2.35. The molecule has 2 aromatic heterocycles. The second-order valence-corrected chi connectivity index (χ2v) is 16.2. The number of thiophene rings is 1. The minimum absolute atomic E-state index is 0.00884. The molecule has 0 radical (unpaired) electrons. The maximum Gasteiger partial charge on any atom is 0.416 e. The van der Waals surface area contributed by atoms with E-state index in [2.05, 4.69) is 31.5 Å². The molecule has 1 amide bonds. The molecule has 6 rings (SSSR count). The zero-order valence-electron chi connectivity index (χ0n) is 28.0. The van der Waals surface area contributed by atoms with Crippen LogP contribution in [-0.4, -0.2) is 48.7 Å². The van der Waals surface area contributed by atoms with Crippen molar-refractivity contribution in [3.05, 3.63) is 91.9 Å². The standard InChI is InChI=1S/C36H37Cl2F3N6O3S2/c37-26-15-18-31(30(38)22-26)47(46-20-6-3-7-21-46)35(48)34-29(23-42-52(49,50)45-27-8-4-1-2-5-9-27)33(43-44-34)32-19-17-28(51-32)16-12-24-10-13-25(14-11-24)36(39,40)41/h10-11,13-15,17-19,22,27,42,45H,1-9,20-21,23H2,(H,43,44). The molecule has 3 heterocycles. The molecule has 2 aromatic carbocycles. The van der Waals surface area contributed by atoms with Crippen LogP contribution in [0.15, 0.2) is 54.6 Å². The number of benzene rings is 2. The van der Waals surface area contributed by atoms with Crippen LogP contribution in [0.1, 0.15) is 89.8 Å². The van der Waals surface area contributed by atoms with Gasteiger partial charge in [0.05, 0.1) is 31.7 Å². The SMILES string of the molecule is O=C(c1n[nH]c(-c2ccc(C#Cc3ccc(C(F)(F)F)cc3)s2)c1CNS(=O)(=O)NC1CCCCCC1)N(c1ccc(Cl)cc1Cl)N1CCCCC1. The van der Waals surface area contributed by atoms with Crippen LogP contribution in [0, 0.1) is 11.8 Å². The Morgan fingerprint density at radius 3 is 2.33 bits per heavy atom. The third-order valence-electron chi connectivity index (χ3n) is 9.03. The summed E-state index contributed by atoms with van der Waals surface area (Å²) >= 11 is 14.1. The van der Waals surface area contributed by atoms with E-state index in [1.165, 1.54) is 28.5 Å². The van der Waals surface area contributed by atoms with E-state index in [4.69, 9.17) is 23.2 Å². The smallest absolute Gasteiger partial charge is 0.276 e. The fraction of sp³-hybridized carbons (Fsp3) is 0.389. The summed E-state index contributed by atoms with van der Waals surface area (Å²) in [5.74, 6) is 5.37. The lowest BCUT2D eigenvalue weighted by Gasteiger charge is -2.37. The largest absolute Gasteiger partial charge is 0.416 e. The summed E-state index contributed by atoms with van der Waals surface area (Å²) in [6.07, 6.45) is 3.83. The lowest BCUT2D eigenvalue weighted by Crippen LogP contribution is -2.50. The van der Waals surface area contributed by atoms with Crippen molar-refractivity contribution in [1.29, 1.82) is 0 Å². The van der Waals surface area contributed by atoms with E-state index in [1.54, 1.807) is 30.3 Å². The second kappa shape index (κ2) is 16.7. The molecule has 1 aliphatic carbocycles. The van der Waals surface area contributed by atoms with Crippen LogP contribution in [0.3, 0.4) is 0 Å². The van der Waals surface area contributed by atoms with E-state index in [-0.39, 0.29) is 23.3 Å². The molecule has 0 spiro atoms. The zero-order chi connectivity index (χ0) is 36.9. The Bertz CT molecular complexity index is 2040. The molecule has 0 atom stereocenters. The Labute approximate surface area is 315 Å². The monoisotopic (exact) mass is 792 g/mol. The Hall–Kier alpha value is -3.42. The Morgan fingerprint density at radius 1 is 0.962 bits per heavy atom. The first-order chi connectivity index (χ1) is 24.9. The zero-order valence-corrected chi connectivity index (χ0v) is 31.2. The van der Waals surface area contributed by atoms with Gasteiger partial charge in [-0.3, -0.25) is 9.89 Å². The maximum atomic E-state index is 14.6. The predicted molar refractivity (Wildman–Crippen MR) is 198 cm³/mol. The fourth-order valence-corrected chi connectivity index (χ4v) is 8.84. The molecule has 3 N–H and O–H groups in total. The van der Waals surface area contributed by atoms with Crippen LogP contribution in [0.5, 0.6) is 0 Å². The van der Waals surface area contributed by atoms with Gasteiger partial charge in [0.2, 0.25) is 0 Å². The average molecular weight is 794 g/mol. The van der Waals surface area contributed by atoms with Crippen LogP contribution in [0.4, 0.5) is 18.9 Å². The van der Waals surface area contributed by atoms with Gasteiger partial charge in [0, 0.05) is 41.8 Å². The number of H-pyrrole nitrogens is 1. The lowest BCUT2D eigenvalue weighted by atomic mass is 10.1. The minimum atomic E-state index is -4.44. The first-order valence-electron chi connectivity index (χ1n) is 17.1. The van der Waals surface area contributed by atoms with Gasteiger partial charge in [-0.1, -0.05) is 67.1 Å². The van der Waals surface area contributed by atoms with Crippen molar-refractivity contribution >= 4 is 56.3 Å². The normalized spacial score (nSPS) is 16.2. The van der Waals surface area contributed by atoms with E-state index in [1.807, 2.05) is 5.01 Å². The van der Waals surface area contributed by atoms with Gasteiger partial charge in [-0.25, -0.2) is 10.0 Å². The number of carbonyl (C=O) groups excluding carboxylic acids is 1. The van der Waals surface area contributed by atoms with Crippen molar-refractivity contribution in [3.8, 4) is 22.4 Å². The number of hydrogen-bond donors (Lipinski definition) is 3. The number of amides is 1. The van der Waals surface area contributed by atoms with E-state index < -0.39 is 27.9 Å². The van der Waals surface area contributed by atoms with Gasteiger partial charge in [0.25, 0.3) is 16.1 Å². The van der Waals surface area contributed by atoms with E-state index >= 15 is 0 Å². The molecule has 276 valence electrons. The van der Waals surface area contributed by atoms with Gasteiger partial charge in [-0.2, -0.15) is 36.1 Å². The minimum Gasteiger partial charge on any atom is -0.276 e. The van der Waals surface area contributed by atoms with Crippen LogP contribution >= 0.6 is 34.5 Å². The lowest BCUT2D eigenvalue weighted by molar-refractivity contribution is -0.137. The molecule has 1 saturated heterocycles. The van der Waals surface area contributed by atoms with Crippen LogP contribution in [0.25, 0.3) is 10.6 Å². The van der Waals surface area contributed by atoms with Crippen LogP contribution < -0.4 is 14.5 Å². The van der Waals surface area contributed by atoms with Crippen molar-refractivity contribution in [2.75, 3.05) is 18.1 Å². The number of piperidine rings is 1. The number of nitrogens with one attached hydrogen (secondary N) is 3. The Kier molecular flexibility index (Phi) is 12.3. The van der Waals surface area contributed by atoms with Gasteiger partial charge in [-0.15, -0.1) is 11.3 Å². The van der Waals surface area contributed by atoms with Gasteiger partial charge in [0.1, 0.15) is 0 Å². The maximum absolute atomic E-state index is 14.6. The number of alkyl halides is 3. The fourth-order valence-electron chi connectivity index (χ4n) is 6.38. The number of carbonyl (C=O) groups is 1. The highest BCUT2D eigenvalue weighted by atomic mass is 35.5. The Balaban J connectivity index is 1.33. The van der Waals surface area contributed by atoms with Crippen LogP contribution in [0.2, 0.25) is 10.0 Å². The van der Waals surface area contributed by atoms with Crippen molar-refractivity contribution in [1.82, 2.24) is 24.7 Å². The van der Waals surface area contributed by atoms with Crippen molar-refractivity contribution < 1.29 is 26.4 Å². The number of hydrogen-bond acceptors (Lipinski definition) is 6. The molecule has 1 aliphatic heterocycles. The van der Waals surface area contributed by atoms with Crippen molar-refractivity contribution in [3.63, 3.8) is 0 Å². The highest BCUT2D eigenvalue weighted by molar-refractivity contribution is 7.87. The predicted octanol–water partition coefficient (Wildman–Crippen LogP) is 8.56. The molecule has 2 aliphatic rings. The quantitative estimate of drug-likeness (QED) is 0.116. The van der Waals surface area contributed by atoms with E-state index in [0.717, 1.165) is 69.9 Å². The summed E-state index contributed by atoms with van der Waals surface area (Å²) in [6.45, 7) is 0.948. The molecular formula is C36H37Cl2F3N6O3S2. The summed E-state index contributed by atoms with van der Waals surface area (Å²) in [6, 6.07) is 12.8. The molecule has 0 unspecified atom stereocenters. The van der Waals surface area contributed by atoms with Crippen molar-refractivity contribution in [2.24, 2.45) is 0 Å². The summed E-state index contributed by atoms with van der Waals surface area (Å²) in [7, 11) is -3.97. The average Bonchev–Trinajstić information content (AvgIpc) is 3.68. The topological polar surface area (TPSA) is 110 Å². The van der Waals surface area contributed by atoms with E-state index in [9.17, 15) is 26.4 Å². The number of anilines is 1. The number of hydrazine groups is 1. The van der Waals surface area contributed by atoms with Gasteiger partial charge >= 0.3 is 6.18 Å². The third kappa shape index (κ3) is 9.57. The second-order valence-electron chi connectivity index (χ2n) is 12.8. The summed E-state index contributed by atoms with van der Waals surface area (Å²) in [5.41, 5.74) is 0.829. The summed E-state index contributed by atoms with van der Waals surface area (Å²) in [5, 5.41) is 11.5. The molecule has 0 bridgehead atoms. The first-order valence-corrected chi connectivity index (χ1v) is 20.1. The molecule has 2 fully saturated rings. The molecule has 9 nitrogen and oxygen atoms in total. The summed E-state index contributed by atoms with van der Waals surface area (Å²) in [4.78, 5) is 15.8. The van der Waals surface area contributed by atoms with Gasteiger partial charge in [-0.05, 0) is 80.3 Å². The summed E-state index contributed by atoms with van der Waals surface area (Å²) < 4.78 is 71.1. The number of aromatic amines is 1. The first kappa shape index (κ1) is 38.3. The number of halogens is 5. The van der Waals surface area contributed by atoms with Crippen LogP contribution in [-0.2, 0) is 22.9 Å². The van der Waals surface area contributed by atoms with E-state index in [0.29, 0.717) is 50.4 Å². The molecule has 16 heteroatoms.